The third kappa shape index (κ3) is 7.42. The summed E-state index contributed by atoms with van der Waals surface area (Å²) >= 11 is 0. The molecule has 0 aliphatic rings. The molecule has 138 valence electrons. The number of phenols is 1. The first-order chi connectivity index (χ1) is 11.9. The van der Waals surface area contributed by atoms with E-state index in [9.17, 15) is 14.7 Å². The summed E-state index contributed by atoms with van der Waals surface area (Å²) in [4.78, 5) is 24.7. The van der Waals surface area contributed by atoms with E-state index in [1.54, 1.807) is 12.1 Å². The van der Waals surface area contributed by atoms with E-state index >= 15 is 0 Å². The van der Waals surface area contributed by atoms with E-state index in [1.807, 2.05) is 27.7 Å². The quantitative estimate of drug-likeness (QED) is 0.316. The van der Waals surface area contributed by atoms with Gasteiger partial charge in [-0.15, -0.1) is 0 Å². The summed E-state index contributed by atoms with van der Waals surface area (Å²) in [6, 6.07) is 6.19. The highest BCUT2D eigenvalue weighted by atomic mass is 16.6. The van der Waals surface area contributed by atoms with Crippen molar-refractivity contribution in [1.82, 2.24) is 0 Å². The summed E-state index contributed by atoms with van der Waals surface area (Å²) in [5, 5.41) is 9.35. The van der Waals surface area contributed by atoms with Crippen molar-refractivity contribution < 1.29 is 24.2 Å². The molecule has 0 bridgehead atoms. The molecule has 0 aliphatic heterocycles. The molecule has 1 rings (SSSR count). The highest BCUT2D eigenvalue weighted by Gasteiger charge is 2.22. The predicted octanol–water partition coefficient (Wildman–Crippen LogP) is 3.95. The second-order valence-corrected chi connectivity index (χ2v) is 6.37. The fraction of sp³-hybridized carbons (Fsp3) is 0.500. The minimum atomic E-state index is -0.692. The summed E-state index contributed by atoms with van der Waals surface area (Å²) in [6.07, 6.45) is 3.18. The van der Waals surface area contributed by atoms with Gasteiger partial charge in [0.2, 0.25) is 0 Å². The molecule has 0 saturated carbocycles. The molecule has 0 amide bonds. The molecule has 0 fully saturated rings. The van der Waals surface area contributed by atoms with Crippen LogP contribution in [0.2, 0.25) is 0 Å². The Kier molecular flexibility index (Phi) is 8.75. The molecule has 1 aromatic rings. The van der Waals surface area contributed by atoms with Gasteiger partial charge in [-0.2, -0.15) is 0 Å². The average molecular weight is 348 g/mol. The highest BCUT2D eigenvalue weighted by Crippen LogP contribution is 2.16. The third-order valence-corrected chi connectivity index (χ3v) is 4.04. The topological polar surface area (TPSA) is 72.8 Å². The number of rotatable bonds is 9. The minimum absolute atomic E-state index is 0.109. The Bertz CT molecular complexity index is 561. The Morgan fingerprint density at radius 2 is 1.40 bits per heavy atom. The first-order valence-corrected chi connectivity index (χ1v) is 8.72. The Balaban J connectivity index is 2.94. The van der Waals surface area contributed by atoms with Gasteiger partial charge in [0.15, 0.2) is 0 Å². The third-order valence-electron chi connectivity index (χ3n) is 4.04. The lowest BCUT2D eigenvalue weighted by molar-refractivity contribution is -0.148. The van der Waals surface area contributed by atoms with Crippen LogP contribution in [0.25, 0.3) is 6.08 Å². The molecule has 0 heterocycles. The Morgan fingerprint density at radius 1 is 0.960 bits per heavy atom. The SMILES string of the molecule is CCC(C)COC(=O)C(=Cc1ccc(O)cc1)C(=O)OCC(C)CC. The first kappa shape index (κ1) is 20.7. The first-order valence-electron chi connectivity index (χ1n) is 8.72. The fourth-order valence-corrected chi connectivity index (χ4v) is 1.77. The van der Waals surface area contributed by atoms with Gasteiger partial charge in [-0.1, -0.05) is 52.7 Å². The van der Waals surface area contributed by atoms with Gasteiger partial charge in [-0.3, -0.25) is 0 Å². The van der Waals surface area contributed by atoms with Crippen molar-refractivity contribution in [3.05, 3.63) is 35.4 Å². The maximum atomic E-state index is 12.3. The zero-order chi connectivity index (χ0) is 18.8. The number of hydrogen-bond acceptors (Lipinski definition) is 5. The number of ether oxygens (including phenoxy) is 2. The van der Waals surface area contributed by atoms with Crippen molar-refractivity contribution in [3.8, 4) is 5.75 Å². The van der Waals surface area contributed by atoms with E-state index in [1.165, 1.54) is 18.2 Å². The molecule has 5 nitrogen and oxygen atoms in total. The smallest absolute Gasteiger partial charge is 0.345 e. The maximum Gasteiger partial charge on any atom is 0.345 e. The Hall–Kier alpha value is -2.30. The van der Waals surface area contributed by atoms with Gasteiger partial charge < -0.3 is 14.6 Å². The van der Waals surface area contributed by atoms with E-state index in [0.29, 0.717) is 5.56 Å². The molecule has 2 unspecified atom stereocenters. The summed E-state index contributed by atoms with van der Waals surface area (Å²) in [7, 11) is 0. The van der Waals surface area contributed by atoms with Gasteiger partial charge in [-0.25, -0.2) is 9.59 Å². The van der Waals surface area contributed by atoms with Crippen molar-refractivity contribution >= 4 is 18.0 Å². The van der Waals surface area contributed by atoms with Gasteiger partial charge in [0, 0.05) is 0 Å². The number of aromatic hydroxyl groups is 1. The Morgan fingerprint density at radius 3 is 1.80 bits per heavy atom. The number of esters is 2. The molecule has 25 heavy (non-hydrogen) atoms. The Labute approximate surface area is 149 Å². The zero-order valence-corrected chi connectivity index (χ0v) is 15.5. The second-order valence-electron chi connectivity index (χ2n) is 6.37. The number of phenolic OH excluding ortho intramolecular Hbond substituents is 1. The van der Waals surface area contributed by atoms with Gasteiger partial charge >= 0.3 is 11.9 Å². The van der Waals surface area contributed by atoms with Crippen LogP contribution in [0.3, 0.4) is 0 Å². The number of carbonyl (C=O) groups is 2. The van der Waals surface area contributed by atoms with Crippen molar-refractivity contribution in [3.63, 3.8) is 0 Å². The maximum absolute atomic E-state index is 12.3. The molecule has 0 aromatic heterocycles. The van der Waals surface area contributed by atoms with Crippen LogP contribution in [0.4, 0.5) is 0 Å². The molecule has 0 saturated heterocycles. The predicted molar refractivity (Wildman–Crippen MR) is 96.9 cm³/mol. The van der Waals surface area contributed by atoms with Crippen molar-refractivity contribution in [2.75, 3.05) is 13.2 Å². The standard InChI is InChI=1S/C20H28O5/c1-5-14(3)12-24-19(22)18(20(23)25-13-15(4)6-2)11-16-7-9-17(21)10-8-16/h7-11,14-15,21H,5-6,12-13H2,1-4H3. The molecular formula is C20H28O5. The minimum Gasteiger partial charge on any atom is -0.508 e. The summed E-state index contributed by atoms with van der Waals surface area (Å²) in [5.74, 6) is -0.840. The monoisotopic (exact) mass is 348 g/mol. The van der Waals surface area contributed by atoms with Crippen LogP contribution in [0, 0.1) is 11.8 Å². The van der Waals surface area contributed by atoms with E-state index in [2.05, 4.69) is 0 Å². The molecule has 0 radical (unpaired) electrons. The van der Waals surface area contributed by atoms with E-state index in [-0.39, 0.29) is 36.4 Å². The van der Waals surface area contributed by atoms with Crippen LogP contribution < -0.4 is 0 Å². The molecule has 1 aromatic carbocycles. The van der Waals surface area contributed by atoms with Crippen LogP contribution in [-0.2, 0) is 19.1 Å². The van der Waals surface area contributed by atoms with Crippen LogP contribution >= 0.6 is 0 Å². The summed E-state index contributed by atoms with van der Waals surface area (Å²) in [5.41, 5.74) is 0.464. The van der Waals surface area contributed by atoms with Crippen molar-refractivity contribution in [2.45, 2.75) is 40.5 Å². The number of benzene rings is 1. The lowest BCUT2D eigenvalue weighted by Gasteiger charge is -2.13. The molecule has 0 spiro atoms. The average Bonchev–Trinajstić information content (AvgIpc) is 2.62. The van der Waals surface area contributed by atoms with Crippen LogP contribution in [0.1, 0.15) is 46.1 Å². The number of carbonyl (C=O) groups excluding carboxylic acids is 2. The van der Waals surface area contributed by atoms with Crippen LogP contribution in [-0.4, -0.2) is 30.3 Å². The van der Waals surface area contributed by atoms with Crippen molar-refractivity contribution in [1.29, 1.82) is 0 Å². The normalized spacial score (nSPS) is 12.8. The molecule has 1 N–H and O–H groups in total. The van der Waals surface area contributed by atoms with Crippen molar-refractivity contribution in [2.24, 2.45) is 11.8 Å². The van der Waals surface area contributed by atoms with Gasteiger partial charge in [0.05, 0.1) is 13.2 Å². The highest BCUT2D eigenvalue weighted by molar-refractivity contribution is 6.17. The number of hydrogen-bond donors (Lipinski definition) is 1. The van der Waals surface area contributed by atoms with Gasteiger partial charge in [0.25, 0.3) is 0 Å². The molecule has 2 atom stereocenters. The molecule has 5 heteroatoms. The molecule has 0 aliphatic carbocycles. The van der Waals surface area contributed by atoms with Crippen LogP contribution in [0.5, 0.6) is 5.75 Å². The van der Waals surface area contributed by atoms with Gasteiger partial charge in [-0.05, 0) is 35.6 Å². The lowest BCUT2D eigenvalue weighted by Crippen LogP contribution is -2.22. The second kappa shape index (κ2) is 10.5. The van der Waals surface area contributed by atoms with E-state index < -0.39 is 11.9 Å². The molecular weight excluding hydrogens is 320 g/mol. The van der Waals surface area contributed by atoms with Gasteiger partial charge in [0.1, 0.15) is 11.3 Å². The zero-order valence-electron chi connectivity index (χ0n) is 15.5. The summed E-state index contributed by atoms with van der Waals surface area (Å²) < 4.78 is 10.5. The van der Waals surface area contributed by atoms with E-state index in [0.717, 1.165) is 12.8 Å². The largest absolute Gasteiger partial charge is 0.508 e. The fourth-order valence-electron chi connectivity index (χ4n) is 1.77. The van der Waals surface area contributed by atoms with E-state index in [4.69, 9.17) is 9.47 Å². The van der Waals surface area contributed by atoms with Crippen LogP contribution in [0.15, 0.2) is 29.8 Å². The summed E-state index contributed by atoms with van der Waals surface area (Å²) in [6.45, 7) is 8.45. The lowest BCUT2D eigenvalue weighted by atomic mass is 10.1.